The van der Waals surface area contributed by atoms with Crippen molar-refractivity contribution in [2.75, 3.05) is 19.6 Å². The van der Waals surface area contributed by atoms with Crippen LogP contribution in [0.1, 0.15) is 31.2 Å². The molecule has 2 aliphatic rings. The maximum atomic E-state index is 11.5. The van der Waals surface area contributed by atoms with Crippen LogP contribution in [0.3, 0.4) is 0 Å². The van der Waals surface area contributed by atoms with Crippen LogP contribution in [0, 0.1) is 0 Å². The Morgan fingerprint density at radius 2 is 1.92 bits per heavy atom. The Balaban J connectivity index is 1.45. The minimum Gasteiger partial charge on any atom is -0.343 e. The van der Waals surface area contributed by atoms with Gasteiger partial charge < -0.3 is 9.88 Å². The zero-order valence-electron chi connectivity index (χ0n) is 14.2. The van der Waals surface area contributed by atoms with E-state index in [1.54, 1.807) is 6.92 Å². The molecule has 1 aromatic heterocycles. The van der Waals surface area contributed by atoms with Gasteiger partial charge in [0.1, 0.15) is 5.82 Å². The molecule has 1 aromatic carbocycles. The van der Waals surface area contributed by atoms with Crippen LogP contribution in [-0.4, -0.2) is 51.4 Å². The van der Waals surface area contributed by atoms with Crippen molar-refractivity contribution in [2.24, 2.45) is 0 Å². The number of rotatable bonds is 2. The molecule has 0 atom stereocenters. The number of aromatic amines is 1. The van der Waals surface area contributed by atoms with Crippen LogP contribution in [0.2, 0.25) is 0 Å². The maximum absolute atomic E-state index is 11.5. The van der Waals surface area contributed by atoms with E-state index in [1.807, 2.05) is 23.1 Å². The highest BCUT2D eigenvalue weighted by atomic mass is 16.2. The van der Waals surface area contributed by atoms with Gasteiger partial charge in [-0.3, -0.25) is 9.69 Å². The lowest BCUT2D eigenvalue weighted by molar-refractivity contribution is -0.130. The predicted octanol–water partition coefficient (Wildman–Crippen LogP) is 2.45. The van der Waals surface area contributed by atoms with E-state index in [1.165, 1.54) is 11.4 Å². The molecule has 3 heterocycles. The lowest BCUT2D eigenvalue weighted by atomic mass is 10.00. The monoisotopic (exact) mass is 324 g/mol. The maximum Gasteiger partial charge on any atom is 0.219 e. The van der Waals surface area contributed by atoms with Gasteiger partial charge in [0.05, 0.1) is 11.4 Å². The van der Waals surface area contributed by atoms with Crippen molar-refractivity contribution in [3.05, 3.63) is 41.7 Å². The summed E-state index contributed by atoms with van der Waals surface area (Å²) in [6.45, 7) is 5.46. The number of hydrogen-bond acceptors (Lipinski definition) is 3. The van der Waals surface area contributed by atoms with Gasteiger partial charge in [-0.15, -0.1) is 0 Å². The van der Waals surface area contributed by atoms with Gasteiger partial charge in [0.25, 0.3) is 0 Å². The van der Waals surface area contributed by atoms with Gasteiger partial charge in [0, 0.05) is 51.1 Å². The van der Waals surface area contributed by atoms with Crippen molar-refractivity contribution in [2.45, 2.75) is 38.8 Å². The molecule has 1 amide bonds. The molecule has 1 N–H and O–H groups in total. The van der Waals surface area contributed by atoms with E-state index in [-0.39, 0.29) is 5.91 Å². The van der Waals surface area contributed by atoms with Crippen molar-refractivity contribution in [1.82, 2.24) is 19.8 Å². The Hall–Kier alpha value is -2.14. The number of likely N-dealkylation sites (tertiary alicyclic amines) is 1. The number of benzene rings is 1. The summed E-state index contributed by atoms with van der Waals surface area (Å²) in [6.07, 6.45) is 3.16. The summed E-state index contributed by atoms with van der Waals surface area (Å²) in [5.41, 5.74) is 3.62. The Kier molecular flexibility index (Phi) is 4.10. The van der Waals surface area contributed by atoms with Crippen LogP contribution < -0.4 is 0 Å². The first-order chi connectivity index (χ1) is 11.7. The number of carbonyl (C=O) groups is 1. The standard InChI is InChI=1S/C19H24N4O/c1-14(24)22-10-7-16(8-11-22)23-12-9-17-18(13-23)21-19(20-17)15-5-3-2-4-6-15/h2-6,16H,7-13H2,1H3,(H,20,21). The van der Waals surface area contributed by atoms with Crippen molar-refractivity contribution in [3.8, 4) is 11.4 Å². The predicted molar refractivity (Wildman–Crippen MR) is 93.4 cm³/mol. The van der Waals surface area contributed by atoms with Gasteiger partial charge in [0.15, 0.2) is 0 Å². The van der Waals surface area contributed by atoms with E-state index >= 15 is 0 Å². The van der Waals surface area contributed by atoms with E-state index in [0.29, 0.717) is 6.04 Å². The van der Waals surface area contributed by atoms with Crippen LogP contribution in [0.25, 0.3) is 11.4 Å². The lowest BCUT2D eigenvalue weighted by Crippen LogP contribution is -2.47. The minimum absolute atomic E-state index is 0.204. The molecule has 5 nitrogen and oxygen atoms in total. The number of H-pyrrole nitrogens is 1. The number of imidazole rings is 1. The van der Waals surface area contributed by atoms with Crippen molar-refractivity contribution < 1.29 is 4.79 Å². The highest BCUT2D eigenvalue weighted by Crippen LogP contribution is 2.26. The molecule has 24 heavy (non-hydrogen) atoms. The van der Waals surface area contributed by atoms with Gasteiger partial charge in [-0.25, -0.2) is 4.98 Å². The number of nitrogens with one attached hydrogen (secondary N) is 1. The number of amides is 1. The topological polar surface area (TPSA) is 52.2 Å². The Morgan fingerprint density at radius 3 is 2.62 bits per heavy atom. The molecule has 4 rings (SSSR count). The normalized spacial score (nSPS) is 19.3. The first kappa shape index (κ1) is 15.4. The van der Waals surface area contributed by atoms with E-state index in [4.69, 9.17) is 4.98 Å². The molecule has 0 saturated carbocycles. The van der Waals surface area contributed by atoms with Gasteiger partial charge >= 0.3 is 0 Å². The summed E-state index contributed by atoms with van der Waals surface area (Å²) >= 11 is 0. The Labute approximate surface area is 142 Å². The highest BCUT2D eigenvalue weighted by Gasteiger charge is 2.29. The van der Waals surface area contributed by atoms with Gasteiger partial charge in [-0.1, -0.05) is 30.3 Å². The fourth-order valence-electron chi connectivity index (χ4n) is 3.91. The molecule has 0 bridgehead atoms. The SMILES string of the molecule is CC(=O)N1CCC(N2CCc3nc(-c4ccccc4)[nH]c3C2)CC1. The Morgan fingerprint density at radius 1 is 1.17 bits per heavy atom. The van der Waals surface area contributed by atoms with Gasteiger partial charge in [-0.05, 0) is 12.8 Å². The quantitative estimate of drug-likeness (QED) is 0.923. The molecule has 1 saturated heterocycles. The van der Waals surface area contributed by atoms with Crippen LogP contribution in [0.15, 0.2) is 30.3 Å². The first-order valence-corrected chi connectivity index (χ1v) is 8.83. The summed E-state index contributed by atoms with van der Waals surface area (Å²) in [7, 11) is 0. The molecular weight excluding hydrogens is 300 g/mol. The molecule has 0 aliphatic carbocycles. The summed E-state index contributed by atoms with van der Waals surface area (Å²) in [5, 5.41) is 0. The van der Waals surface area contributed by atoms with E-state index < -0.39 is 0 Å². The third-order valence-electron chi connectivity index (χ3n) is 5.33. The van der Waals surface area contributed by atoms with Crippen molar-refractivity contribution in [3.63, 3.8) is 0 Å². The van der Waals surface area contributed by atoms with Crippen LogP contribution >= 0.6 is 0 Å². The van der Waals surface area contributed by atoms with Crippen molar-refractivity contribution in [1.29, 1.82) is 0 Å². The molecule has 2 aromatic rings. The van der Waals surface area contributed by atoms with E-state index in [2.05, 4.69) is 22.0 Å². The summed E-state index contributed by atoms with van der Waals surface area (Å²) in [5.74, 6) is 1.18. The highest BCUT2D eigenvalue weighted by molar-refractivity contribution is 5.73. The van der Waals surface area contributed by atoms with Crippen LogP contribution in [0.5, 0.6) is 0 Å². The average Bonchev–Trinajstić information content (AvgIpc) is 3.06. The van der Waals surface area contributed by atoms with E-state index in [9.17, 15) is 4.79 Å². The fourth-order valence-corrected chi connectivity index (χ4v) is 3.91. The summed E-state index contributed by atoms with van der Waals surface area (Å²) in [4.78, 5) is 24.3. The van der Waals surface area contributed by atoms with Gasteiger partial charge in [-0.2, -0.15) is 0 Å². The molecule has 5 heteroatoms. The summed E-state index contributed by atoms with van der Waals surface area (Å²) < 4.78 is 0. The number of fused-ring (bicyclic) bond motifs is 1. The number of aromatic nitrogens is 2. The molecular formula is C19H24N4O. The molecule has 126 valence electrons. The fraction of sp³-hybridized carbons (Fsp3) is 0.474. The molecule has 0 spiro atoms. The molecule has 0 radical (unpaired) electrons. The summed E-state index contributed by atoms with van der Waals surface area (Å²) in [6, 6.07) is 10.9. The lowest BCUT2D eigenvalue weighted by Gasteiger charge is -2.39. The zero-order valence-corrected chi connectivity index (χ0v) is 14.2. The second-order valence-corrected chi connectivity index (χ2v) is 6.83. The number of carbonyl (C=O) groups excluding carboxylic acids is 1. The molecule has 0 unspecified atom stereocenters. The van der Waals surface area contributed by atoms with Crippen LogP contribution in [-0.2, 0) is 17.8 Å². The number of hydrogen-bond donors (Lipinski definition) is 1. The smallest absolute Gasteiger partial charge is 0.219 e. The zero-order chi connectivity index (χ0) is 16.5. The van der Waals surface area contributed by atoms with Crippen molar-refractivity contribution >= 4 is 5.91 Å². The number of nitrogens with zero attached hydrogens (tertiary/aromatic N) is 3. The molecule has 1 fully saturated rings. The van der Waals surface area contributed by atoms with E-state index in [0.717, 1.165) is 56.8 Å². The third-order valence-corrected chi connectivity index (χ3v) is 5.33. The second-order valence-electron chi connectivity index (χ2n) is 6.83. The second kappa shape index (κ2) is 6.40. The largest absolute Gasteiger partial charge is 0.343 e. The molecule has 2 aliphatic heterocycles. The Bertz CT molecular complexity index is 716. The number of piperidine rings is 1. The average molecular weight is 324 g/mol. The van der Waals surface area contributed by atoms with Gasteiger partial charge in [0.2, 0.25) is 5.91 Å². The van der Waals surface area contributed by atoms with Crippen LogP contribution in [0.4, 0.5) is 0 Å². The first-order valence-electron chi connectivity index (χ1n) is 8.83. The minimum atomic E-state index is 0.204. The third kappa shape index (κ3) is 2.96.